The molecule has 0 aromatic heterocycles. The van der Waals surface area contributed by atoms with Crippen molar-refractivity contribution >= 4 is 5.78 Å². The molecule has 0 radical (unpaired) electrons. The Morgan fingerprint density at radius 3 is 2.67 bits per heavy atom. The molecule has 1 saturated heterocycles. The molecular formula is C16H26O2. The first-order valence-electron chi connectivity index (χ1n) is 7.51. The standard InChI is InChI=1S/C16H26O2/c1-4-5-6-7-8-10-16-11-9-14(18-16)12(2)15(17)13(16)3/h9,11-14H,4-8,10H2,1-3H3/t12-,13-,14+,16-/m0/s1. The first-order chi connectivity index (χ1) is 8.60. The molecule has 102 valence electrons. The van der Waals surface area contributed by atoms with Crippen molar-refractivity contribution in [3.8, 4) is 0 Å². The zero-order chi connectivity index (χ0) is 13.2. The van der Waals surface area contributed by atoms with Gasteiger partial charge in [0.15, 0.2) is 0 Å². The second-order valence-electron chi connectivity index (χ2n) is 5.97. The molecule has 0 aliphatic carbocycles. The molecule has 18 heavy (non-hydrogen) atoms. The summed E-state index contributed by atoms with van der Waals surface area (Å²) in [5, 5.41) is 0. The van der Waals surface area contributed by atoms with Gasteiger partial charge in [0.25, 0.3) is 0 Å². The van der Waals surface area contributed by atoms with Crippen LogP contribution in [0, 0.1) is 11.8 Å². The number of carbonyl (C=O) groups excluding carboxylic acids is 1. The Morgan fingerprint density at radius 2 is 1.94 bits per heavy atom. The third-order valence-electron chi connectivity index (χ3n) is 4.70. The van der Waals surface area contributed by atoms with Crippen LogP contribution in [0.15, 0.2) is 12.2 Å². The molecule has 0 amide bonds. The van der Waals surface area contributed by atoms with Crippen molar-refractivity contribution in [3.05, 3.63) is 12.2 Å². The molecule has 0 spiro atoms. The smallest absolute Gasteiger partial charge is 0.144 e. The first kappa shape index (κ1) is 13.8. The number of rotatable bonds is 6. The molecule has 0 aromatic rings. The lowest BCUT2D eigenvalue weighted by molar-refractivity contribution is -0.160. The third kappa shape index (κ3) is 2.40. The number of ether oxygens (including phenoxy) is 1. The minimum atomic E-state index is -0.277. The number of ketones is 1. The molecule has 1 fully saturated rings. The maximum atomic E-state index is 12.2. The van der Waals surface area contributed by atoms with Crippen molar-refractivity contribution in [2.45, 2.75) is 71.0 Å². The van der Waals surface area contributed by atoms with E-state index in [-0.39, 0.29) is 23.5 Å². The van der Waals surface area contributed by atoms with Crippen molar-refractivity contribution in [2.24, 2.45) is 11.8 Å². The van der Waals surface area contributed by atoms with Crippen LogP contribution in [0.2, 0.25) is 0 Å². The van der Waals surface area contributed by atoms with Crippen LogP contribution in [-0.2, 0) is 9.53 Å². The lowest BCUT2D eigenvalue weighted by Crippen LogP contribution is -2.50. The summed E-state index contributed by atoms with van der Waals surface area (Å²) in [5.41, 5.74) is -0.277. The quantitative estimate of drug-likeness (QED) is 0.528. The molecule has 2 aliphatic rings. The van der Waals surface area contributed by atoms with Crippen LogP contribution in [0.25, 0.3) is 0 Å². The molecule has 2 aliphatic heterocycles. The van der Waals surface area contributed by atoms with Gasteiger partial charge in [0.2, 0.25) is 0 Å². The number of Topliss-reactive ketones (excluding diaryl/α,β-unsaturated/α-hetero) is 1. The van der Waals surface area contributed by atoms with Gasteiger partial charge in [-0.1, -0.05) is 65.0 Å². The third-order valence-corrected chi connectivity index (χ3v) is 4.70. The van der Waals surface area contributed by atoms with E-state index in [9.17, 15) is 4.79 Å². The average molecular weight is 250 g/mol. The summed E-state index contributed by atoms with van der Waals surface area (Å²) in [4.78, 5) is 12.2. The molecule has 4 atom stereocenters. The molecule has 0 N–H and O–H groups in total. The van der Waals surface area contributed by atoms with Gasteiger partial charge in [0.05, 0.1) is 11.7 Å². The molecule has 2 nitrogen and oxygen atoms in total. The molecule has 2 heterocycles. The monoisotopic (exact) mass is 250 g/mol. The summed E-state index contributed by atoms with van der Waals surface area (Å²) in [6, 6.07) is 0. The van der Waals surface area contributed by atoms with E-state index in [1.165, 1.54) is 32.1 Å². The van der Waals surface area contributed by atoms with Crippen molar-refractivity contribution in [1.29, 1.82) is 0 Å². The topological polar surface area (TPSA) is 26.3 Å². The Balaban J connectivity index is 1.91. The number of unbranched alkanes of at least 4 members (excludes halogenated alkanes) is 4. The van der Waals surface area contributed by atoms with Crippen LogP contribution in [0.5, 0.6) is 0 Å². The maximum Gasteiger partial charge on any atom is 0.144 e. The van der Waals surface area contributed by atoms with Crippen LogP contribution >= 0.6 is 0 Å². The molecule has 0 unspecified atom stereocenters. The molecule has 0 saturated carbocycles. The van der Waals surface area contributed by atoms with E-state index in [2.05, 4.69) is 19.1 Å². The number of hydrogen-bond acceptors (Lipinski definition) is 2. The number of hydrogen-bond donors (Lipinski definition) is 0. The van der Waals surface area contributed by atoms with E-state index in [4.69, 9.17) is 4.74 Å². The van der Waals surface area contributed by atoms with Crippen molar-refractivity contribution in [2.75, 3.05) is 0 Å². The second kappa shape index (κ2) is 5.56. The van der Waals surface area contributed by atoms with Crippen LogP contribution in [0.4, 0.5) is 0 Å². The molecule has 0 aromatic carbocycles. The minimum absolute atomic E-state index is 0.0219. The molecular weight excluding hydrogens is 224 g/mol. The lowest BCUT2D eigenvalue weighted by Gasteiger charge is -2.41. The van der Waals surface area contributed by atoms with E-state index in [0.29, 0.717) is 5.78 Å². The van der Waals surface area contributed by atoms with Gasteiger partial charge >= 0.3 is 0 Å². The minimum Gasteiger partial charge on any atom is -0.362 e. The van der Waals surface area contributed by atoms with Gasteiger partial charge < -0.3 is 4.74 Å². The SMILES string of the molecule is CCCCCCC[C@@]12C=C[C@@H](O1)[C@H](C)C(=O)[C@@H]2C. The second-order valence-corrected chi connectivity index (χ2v) is 5.97. The largest absolute Gasteiger partial charge is 0.362 e. The van der Waals surface area contributed by atoms with E-state index in [0.717, 1.165) is 6.42 Å². The Hall–Kier alpha value is -0.630. The van der Waals surface area contributed by atoms with Gasteiger partial charge in [-0.25, -0.2) is 0 Å². The van der Waals surface area contributed by atoms with Crippen molar-refractivity contribution < 1.29 is 9.53 Å². The summed E-state index contributed by atoms with van der Waals surface area (Å²) in [7, 11) is 0. The molecule has 2 bridgehead atoms. The first-order valence-corrected chi connectivity index (χ1v) is 7.51. The summed E-state index contributed by atoms with van der Waals surface area (Å²) < 4.78 is 6.15. The van der Waals surface area contributed by atoms with E-state index >= 15 is 0 Å². The summed E-state index contributed by atoms with van der Waals surface area (Å²) in [6.07, 6.45) is 11.6. The zero-order valence-corrected chi connectivity index (χ0v) is 11.9. The summed E-state index contributed by atoms with van der Waals surface area (Å²) in [5.74, 6) is 0.436. The Kier molecular flexibility index (Phi) is 4.26. The Labute approximate surface area is 111 Å². The summed E-state index contributed by atoms with van der Waals surface area (Å²) in [6.45, 7) is 6.26. The fourth-order valence-corrected chi connectivity index (χ4v) is 3.27. The highest BCUT2D eigenvalue weighted by atomic mass is 16.5. The summed E-state index contributed by atoms with van der Waals surface area (Å²) >= 11 is 0. The molecule has 2 heteroatoms. The fraction of sp³-hybridized carbons (Fsp3) is 0.812. The average Bonchev–Trinajstić information content (AvgIpc) is 2.78. The predicted octanol–water partition coefficient (Wildman–Crippen LogP) is 3.90. The van der Waals surface area contributed by atoms with Gasteiger partial charge in [0.1, 0.15) is 5.78 Å². The van der Waals surface area contributed by atoms with E-state index < -0.39 is 0 Å². The van der Waals surface area contributed by atoms with Crippen LogP contribution in [0.1, 0.15) is 59.3 Å². The zero-order valence-electron chi connectivity index (χ0n) is 11.9. The fourth-order valence-electron chi connectivity index (χ4n) is 3.27. The van der Waals surface area contributed by atoms with Crippen LogP contribution in [0.3, 0.4) is 0 Å². The van der Waals surface area contributed by atoms with Gasteiger partial charge in [-0.2, -0.15) is 0 Å². The molecule has 2 rings (SSSR count). The van der Waals surface area contributed by atoms with Crippen LogP contribution in [-0.4, -0.2) is 17.5 Å². The highest BCUT2D eigenvalue weighted by Crippen LogP contribution is 2.44. The Bertz CT molecular complexity index is 334. The number of carbonyl (C=O) groups is 1. The van der Waals surface area contributed by atoms with Crippen molar-refractivity contribution in [3.63, 3.8) is 0 Å². The van der Waals surface area contributed by atoms with Gasteiger partial charge in [-0.15, -0.1) is 0 Å². The normalized spacial score (nSPS) is 38.4. The van der Waals surface area contributed by atoms with Crippen molar-refractivity contribution in [1.82, 2.24) is 0 Å². The lowest BCUT2D eigenvalue weighted by atomic mass is 9.77. The van der Waals surface area contributed by atoms with Crippen LogP contribution < -0.4 is 0 Å². The highest BCUT2D eigenvalue weighted by molar-refractivity contribution is 5.86. The number of fused-ring (bicyclic) bond motifs is 2. The van der Waals surface area contributed by atoms with Gasteiger partial charge in [-0.05, 0) is 6.42 Å². The van der Waals surface area contributed by atoms with Gasteiger partial charge in [0, 0.05) is 11.8 Å². The maximum absolute atomic E-state index is 12.2. The Morgan fingerprint density at radius 1 is 1.22 bits per heavy atom. The van der Waals surface area contributed by atoms with E-state index in [1.54, 1.807) is 0 Å². The van der Waals surface area contributed by atoms with E-state index in [1.807, 2.05) is 13.8 Å². The van der Waals surface area contributed by atoms with Gasteiger partial charge in [-0.3, -0.25) is 4.79 Å². The highest BCUT2D eigenvalue weighted by Gasteiger charge is 2.51. The predicted molar refractivity (Wildman–Crippen MR) is 73.5 cm³/mol.